The highest BCUT2D eigenvalue weighted by Crippen LogP contribution is 2.35. The van der Waals surface area contributed by atoms with Crippen molar-refractivity contribution in [3.63, 3.8) is 0 Å². The average Bonchev–Trinajstić information content (AvgIpc) is 3.15. The molecule has 1 aromatic heterocycles. The summed E-state index contributed by atoms with van der Waals surface area (Å²) < 4.78 is 13.2. The van der Waals surface area contributed by atoms with Gasteiger partial charge in [0.15, 0.2) is 0 Å². The van der Waals surface area contributed by atoms with E-state index >= 15 is 0 Å². The van der Waals surface area contributed by atoms with Gasteiger partial charge in [0.05, 0.1) is 15.5 Å². The van der Waals surface area contributed by atoms with E-state index in [2.05, 4.69) is 9.88 Å². The monoisotopic (exact) mass is 506 g/mol. The van der Waals surface area contributed by atoms with Crippen molar-refractivity contribution in [3.05, 3.63) is 99.1 Å². The molecule has 2 aromatic carbocycles. The van der Waals surface area contributed by atoms with Crippen LogP contribution in [0, 0.1) is 15.9 Å². The number of pyridine rings is 1. The van der Waals surface area contributed by atoms with Crippen LogP contribution in [0.3, 0.4) is 0 Å². The third-order valence-corrected chi connectivity index (χ3v) is 7.14. The van der Waals surface area contributed by atoms with Crippen LogP contribution in [0.25, 0.3) is 17.2 Å². The highest BCUT2D eigenvalue weighted by Gasteiger charge is 2.41. The number of hydrogen-bond acceptors (Lipinski definition) is 5. The molecular weight excluding hydrogens is 483 g/mol. The van der Waals surface area contributed by atoms with E-state index in [-0.39, 0.29) is 34.5 Å². The molecule has 7 nitrogen and oxygen atoms in total. The summed E-state index contributed by atoms with van der Waals surface area (Å²) in [5.41, 5.74) is 2.52. The predicted octanol–water partition coefficient (Wildman–Crippen LogP) is 5.34. The lowest BCUT2D eigenvalue weighted by Gasteiger charge is -2.40. The Hall–Kier alpha value is -3.62. The Morgan fingerprint density at radius 1 is 1.17 bits per heavy atom. The summed E-state index contributed by atoms with van der Waals surface area (Å²) in [4.78, 5) is 32.7. The standard InChI is InChI=1S/C27H24ClFN4O3/c28-25-13-26(33(35)36)19(12-24(25)20-2-1-11-30-14-20)5-10-27(34)32-22-8-9-23(32)17-31(16-22)15-18-3-6-21(29)7-4-18/h1-7,10-14,22-23H,8-9,15-17H2/b10-5+. The van der Waals surface area contributed by atoms with Crippen LogP contribution in [0.4, 0.5) is 10.1 Å². The molecule has 2 unspecified atom stereocenters. The quantitative estimate of drug-likeness (QED) is 0.256. The minimum atomic E-state index is -0.499. The highest BCUT2D eigenvalue weighted by atomic mass is 35.5. The number of piperazine rings is 1. The molecule has 2 atom stereocenters. The fourth-order valence-electron chi connectivity index (χ4n) is 5.19. The van der Waals surface area contributed by atoms with Gasteiger partial charge in [0, 0.05) is 67.4 Å². The molecule has 3 aromatic rings. The number of halogens is 2. The molecule has 0 saturated carbocycles. The van der Waals surface area contributed by atoms with Crippen molar-refractivity contribution in [2.24, 2.45) is 0 Å². The molecule has 184 valence electrons. The van der Waals surface area contributed by atoms with Crippen molar-refractivity contribution >= 4 is 29.3 Å². The first-order chi connectivity index (χ1) is 17.4. The van der Waals surface area contributed by atoms with E-state index in [1.807, 2.05) is 11.0 Å². The van der Waals surface area contributed by atoms with Gasteiger partial charge in [0.25, 0.3) is 5.69 Å². The van der Waals surface area contributed by atoms with E-state index in [9.17, 15) is 19.3 Å². The van der Waals surface area contributed by atoms with E-state index in [0.717, 1.165) is 37.1 Å². The van der Waals surface area contributed by atoms with Crippen LogP contribution in [0.1, 0.15) is 24.0 Å². The zero-order valence-corrected chi connectivity index (χ0v) is 20.1. The molecule has 9 heteroatoms. The lowest BCUT2D eigenvalue weighted by Crippen LogP contribution is -2.55. The molecule has 0 N–H and O–H groups in total. The van der Waals surface area contributed by atoms with Gasteiger partial charge in [0.1, 0.15) is 5.82 Å². The summed E-state index contributed by atoms with van der Waals surface area (Å²) in [6, 6.07) is 13.2. The number of rotatable bonds is 6. The number of likely N-dealkylation sites (tertiary alicyclic amines) is 1. The number of aromatic nitrogens is 1. The molecule has 0 spiro atoms. The first-order valence-corrected chi connectivity index (χ1v) is 12.1. The van der Waals surface area contributed by atoms with Gasteiger partial charge in [-0.25, -0.2) is 4.39 Å². The fourth-order valence-corrected chi connectivity index (χ4v) is 5.46. The van der Waals surface area contributed by atoms with Crippen LogP contribution in [-0.2, 0) is 11.3 Å². The maximum Gasteiger partial charge on any atom is 0.278 e. The highest BCUT2D eigenvalue weighted by molar-refractivity contribution is 6.33. The van der Waals surface area contributed by atoms with Gasteiger partial charge in [-0.15, -0.1) is 0 Å². The summed E-state index contributed by atoms with van der Waals surface area (Å²) in [6.45, 7) is 2.18. The Morgan fingerprint density at radius 3 is 2.53 bits per heavy atom. The second-order valence-electron chi connectivity index (χ2n) is 9.17. The van der Waals surface area contributed by atoms with Crippen LogP contribution in [0.5, 0.6) is 0 Å². The molecule has 2 aliphatic heterocycles. The van der Waals surface area contributed by atoms with Gasteiger partial charge in [-0.2, -0.15) is 0 Å². The van der Waals surface area contributed by atoms with Gasteiger partial charge in [-0.3, -0.25) is 24.8 Å². The summed E-state index contributed by atoms with van der Waals surface area (Å²) >= 11 is 6.34. The SMILES string of the molecule is O=C(/C=C/c1cc(-c2cccnc2)c(Cl)cc1[N+](=O)[O-])N1C2CCC1CN(Cc1ccc(F)cc1)C2. The lowest BCUT2D eigenvalue weighted by atomic mass is 10.0. The van der Waals surface area contributed by atoms with Crippen molar-refractivity contribution < 1.29 is 14.1 Å². The van der Waals surface area contributed by atoms with Crippen LogP contribution in [-0.4, -0.2) is 50.8 Å². The largest absolute Gasteiger partial charge is 0.331 e. The van der Waals surface area contributed by atoms with Crippen molar-refractivity contribution in [1.29, 1.82) is 0 Å². The van der Waals surface area contributed by atoms with Crippen LogP contribution in [0.2, 0.25) is 5.02 Å². The van der Waals surface area contributed by atoms with Crippen molar-refractivity contribution in [3.8, 4) is 11.1 Å². The van der Waals surface area contributed by atoms with Crippen LogP contribution in [0.15, 0.2) is 67.0 Å². The van der Waals surface area contributed by atoms with E-state index < -0.39 is 4.92 Å². The van der Waals surface area contributed by atoms with Crippen LogP contribution >= 0.6 is 11.6 Å². The zero-order valence-electron chi connectivity index (χ0n) is 19.4. The topological polar surface area (TPSA) is 79.6 Å². The fraction of sp³-hybridized carbons (Fsp3) is 0.259. The maximum atomic E-state index is 13.2. The Bertz CT molecular complexity index is 1300. The summed E-state index contributed by atoms with van der Waals surface area (Å²) in [7, 11) is 0. The van der Waals surface area contributed by atoms with Gasteiger partial charge in [-0.05, 0) is 48.7 Å². The molecule has 2 fully saturated rings. The van der Waals surface area contributed by atoms with Crippen molar-refractivity contribution in [2.75, 3.05) is 13.1 Å². The molecule has 0 aliphatic carbocycles. The van der Waals surface area contributed by atoms with Crippen molar-refractivity contribution in [1.82, 2.24) is 14.8 Å². The van der Waals surface area contributed by atoms with Crippen LogP contribution < -0.4 is 0 Å². The molecule has 2 saturated heterocycles. The molecule has 2 bridgehead atoms. The summed E-state index contributed by atoms with van der Waals surface area (Å²) in [5.74, 6) is -0.411. The molecule has 36 heavy (non-hydrogen) atoms. The molecule has 3 heterocycles. The minimum Gasteiger partial charge on any atom is -0.331 e. The molecule has 1 amide bonds. The molecule has 5 rings (SSSR count). The normalized spacial score (nSPS) is 19.7. The smallest absolute Gasteiger partial charge is 0.278 e. The van der Waals surface area contributed by atoms with Gasteiger partial charge >= 0.3 is 0 Å². The second-order valence-corrected chi connectivity index (χ2v) is 9.58. The molecule has 2 aliphatic rings. The number of carbonyl (C=O) groups excluding carboxylic acids is 1. The van der Waals surface area contributed by atoms with E-state index in [4.69, 9.17) is 11.6 Å². The Balaban J connectivity index is 1.33. The minimum absolute atomic E-state index is 0.0764. The maximum absolute atomic E-state index is 13.2. The number of carbonyl (C=O) groups is 1. The average molecular weight is 507 g/mol. The van der Waals surface area contributed by atoms with Gasteiger partial charge in [-0.1, -0.05) is 29.8 Å². The number of nitrogens with zero attached hydrogens (tertiary/aromatic N) is 4. The Kier molecular flexibility index (Phi) is 6.80. The Labute approximate surface area is 213 Å². The summed E-state index contributed by atoms with van der Waals surface area (Å²) in [5, 5.41) is 11.9. The number of nitro benzene ring substituents is 1. The van der Waals surface area contributed by atoms with E-state index in [1.54, 1.807) is 36.7 Å². The molecule has 0 radical (unpaired) electrons. The van der Waals surface area contributed by atoms with Gasteiger partial charge < -0.3 is 4.90 Å². The third kappa shape index (κ3) is 5.01. The lowest BCUT2D eigenvalue weighted by molar-refractivity contribution is -0.385. The number of nitro groups is 1. The van der Waals surface area contributed by atoms with E-state index in [0.29, 0.717) is 17.7 Å². The number of amides is 1. The zero-order chi connectivity index (χ0) is 25.2. The third-order valence-electron chi connectivity index (χ3n) is 6.82. The Morgan fingerprint density at radius 2 is 1.89 bits per heavy atom. The first kappa shape index (κ1) is 24.1. The number of fused-ring (bicyclic) bond motifs is 2. The second kappa shape index (κ2) is 10.2. The number of benzene rings is 2. The van der Waals surface area contributed by atoms with Crippen molar-refractivity contribution in [2.45, 2.75) is 31.5 Å². The molecular formula is C27H24ClFN4O3. The van der Waals surface area contributed by atoms with E-state index in [1.165, 1.54) is 30.4 Å². The number of hydrogen-bond donors (Lipinski definition) is 0. The predicted molar refractivity (Wildman–Crippen MR) is 136 cm³/mol. The first-order valence-electron chi connectivity index (χ1n) is 11.7. The summed E-state index contributed by atoms with van der Waals surface area (Å²) in [6.07, 6.45) is 8.02. The van der Waals surface area contributed by atoms with Gasteiger partial charge in [0.2, 0.25) is 5.91 Å².